The fraction of sp³-hybridized carbons (Fsp3) is 0.789. The van der Waals surface area contributed by atoms with Crippen LogP contribution in [0.2, 0.25) is 0 Å². The summed E-state index contributed by atoms with van der Waals surface area (Å²) in [5.41, 5.74) is -1.31. The minimum Gasteiger partial charge on any atom is -0.389 e. The number of alkyl halides is 3. The maximum atomic E-state index is 13.6. The van der Waals surface area contributed by atoms with Gasteiger partial charge in [0, 0.05) is 26.2 Å². The normalized spacial score (nSPS) is 20.1. The second-order valence-electron chi connectivity index (χ2n) is 7.70. The van der Waals surface area contributed by atoms with Crippen LogP contribution < -0.4 is 15.4 Å². The summed E-state index contributed by atoms with van der Waals surface area (Å²) in [6.45, 7) is 10.2. The van der Waals surface area contributed by atoms with Gasteiger partial charge in [-0.3, -0.25) is 9.36 Å². The Labute approximate surface area is 169 Å². The Hall–Kier alpha value is -1.81. The molecule has 0 aromatic carbocycles. The molecule has 0 bridgehead atoms. The molecule has 7 nitrogen and oxygen atoms in total. The Morgan fingerprint density at radius 1 is 1.17 bits per heavy atom. The van der Waals surface area contributed by atoms with Gasteiger partial charge in [0.1, 0.15) is 11.9 Å². The lowest BCUT2D eigenvalue weighted by Crippen LogP contribution is -2.56. The number of ether oxygens (including phenoxy) is 1. The van der Waals surface area contributed by atoms with Crippen molar-refractivity contribution < 1.29 is 23.0 Å². The van der Waals surface area contributed by atoms with Crippen LogP contribution >= 0.6 is 0 Å². The van der Waals surface area contributed by atoms with E-state index in [4.69, 9.17) is 4.74 Å². The highest BCUT2D eigenvalue weighted by atomic mass is 19.4. The molecule has 166 valence electrons. The standard InChI is InChI=1S/C17H25F3N4O3.C2H6/c1-11-13(22-6-8-27-9-7-22)21-15-23(14(11)25)5-4-12(17(18,19)20)24(15)10-16(2,3)26;1-2/h12,26H,4-10H2,1-3H3;1-2H3. The van der Waals surface area contributed by atoms with E-state index in [-0.39, 0.29) is 31.0 Å². The lowest BCUT2D eigenvalue weighted by Gasteiger charge is -2.42. The molecule has 3 heterocycles. The smallest absolute Gasteiger partial charge is 0.389 e. The molecule has 0 amide bonds. The second kappa shape index (κ2) is 8.91. The maximum absolute atomic E-state index is 13.6. The molecule has 1 atom stereocenters. The van der Waals surface area contributed by atoms with Crippen molar-refractivity contribution in [2.45, 2.75) is 65.4 Å². The molecule has 3 rings (SSSR count). The average molecular weight is 420 g/mol. The minimum atomic E-state index is -4.49. The second-order valence-corrected chi connectivity index (χ2v) is 7.70. The van der Waals surface area contributed by atoms with Crippen molar-refractivity contribution in [3.05, 3.63) is 15.9 Å². The molecule has 1 fully saturated rings. The molecule has 0 spiro atoms. The van der Waals surface area contributed by atoms with E-state index >= 15 is 0 Å². The van der Waals surface area contributed by atoms with Crippen LogP contribution in [0, 0.1) is 6.92 Å². The molecule has 1 saturated heterocycles. The molecule has 2 aliphatic rings. The molecular formula is C19H31F3N4O3. The highest BCUT2D eigenvalue weighted by Crippen LogP contribution is 2.35. The molecule has 1 aromatic heterocycles. The van der Waals surface area contributed by atoms with Gasteiger partial charge in [-0.2, -0.15) is 18.2 Å². The first-order chi connectivity index (χ1) is 13.5. The number of aliphatic hydroxyl groups is 1. The number of β-amino-alcohol motifs (C(OH)–C–C–N with tert-alkyl or cyclic N) is 1. The van der Waals surface area contributed by atoms with E-state index in [1.54, 1.807) is 6.92 Å². The van der Waals surface area contributed by atoms with Gasteiger partial charge in [0.2, 0.25) is 5.95 Å². The van der Waals surface area contributed by atoms with Crippen LogP contribution in [0.4, 0.5) is 24.9 Å². The van der Waals surface area contributed by atoms with Gasteiger partial charge >= 0.3 is 6.18 Å². The Morgan fingerprint density at radius 3 is 2.28 bits per heavy atom. The first-order valence-electron chi connectivity index (χ1n) is 9.99. The third-order valence-corrected chi connectivity index (χ3v) is 4.85. The van der Waals surface area contributed by atoms with E-state index in [1.807, 2.05) is 18.7 Å². The Morgan fingerprint density at radius 2 is 1.76 bits per heavy atom. The molecule has 1 aromatic rings. The zero-order valence-corrected chi connectivity index (χ0v) is 17.7. The first-order valence-corrected chi connectivity index (χ1v) is 9.99. The van der Waals surface area contributed by atoms with Crippen LogP contribution in [-0.2, 0) is 11.3 Å². The molecule has 0 saturated carbocycles. The minimum absolute atomic E-state index is 0.0391. The van der Waals surface area contributed by atoms with Gasteiger partial charge in [0.05, 0.1) is 24.4 Å². The highest BCUT2D eigenvalue weighted by molar-refractivity contribution is 5.52. The van der Waals surface area contributed by atoms with E-state index in [0.717, 1.165) is 4.90 Å². The van der Waals surface area contributed by atoms with Crippen LogP contribution in [0.5, 0.6) is 0 Å². The molecule has 10 heteroatoms. The van der Waals surface area contributed by atoms with Gasteiger partial charge < -0.3 is 19.6 Å². The Bertz CT molecular complexity index is 753. The summed E-state index contributed by atoms with van der Waals surface area (Å²) in [5, 5.41) is 10.2. The Kier molecular flexibility index (Phi) is 7.21. The van der Waals surface area contributed by atoms with E-state index in [0.29, 0.717) is 37.7 Å². The van der Waals surface area contributed by atoms with Crippen molar-refractivity contribution in [3.8, 4) is 0 Å². The third kappa shape index (κ3) is 5.22. The molecule has 0 aliphatic carbocycles. The Balaban J connectivity index is 0.00000145. The number of hydrogen-bond acceptors (Lipinski definition) is 6. The summed E-state index contributed by atoms with van der Waals surface area (Å²) >= 11 is 0. The predicted molar refractivity (Wildman–Crippen MR) is 106 cm³/mol. The number of fused-ring (bicyclic) bond motifs is 1. The fourth-order valence-electron chi connectivity index (χ4n) is 3.62. The molecule has 0 radical (unpaired) electrons. The van der Waals surface area contributed by atoms with E-state index in [2.05, 4.69) is 4.98 Å². The number of halogens is 3. The van der Waals surface area contributed by atoms with Crippen molar-refractivity contribution in [3.63, 3.8) is 0 Å². The number of anilines is 2. The van der Waals surface area contributed by atoms with E-state index in [1.165, 1.54) is 18.4 Å². The average Bonchev–Trinajstić information content (AvgIpc) is 2.65. The van der Waals surface area contributed by atoms with Crippen molar-refractivity contribution in [2.75, 3.05) is 42.6 Å². The van der Waals surface area contributed by atoms with Crippen LogP contribution in [0.15, 0.2) is 4.79 Å². The fourth-order valence-corrected chi connectivity index (χ4v) is 3.62. The summed E-state index contributed by atoms with van der Waals surface area (Å²) in [6, 6.07) is -1.80. The third-order valence-electron chi connectivity index (χ3n) is 4.85. The monoisotopic (exact) mass is 420 g/mol. The van der Waals surface area contributed by atoms with Gasteiger partial charge in [0.15, 0.2) is 0 Å². The first kappa shape index (κ1) is 23.5. The van der Waals surface area contributed by atoms with E-state index in [9.17, 15) is 23.1 Å². The van der Waals surface area contributed by atoms with Crippen molar-refractivity contribution in [1.82, 2.24) is 9.55 Å². The lowest BCUT2D eigenvalue weighted by molar-refractivity contribution is -0.154. The zero-order valence-electron chi connectivity index (χ0n) is 17.7. The van der Waals surface area contributed by atoms with Crippen molar-refractivity contribution in [2.24, 2.45) is 0 Å². The quantitative estimate of drug-likeness (QED) is 0.810. The van der Waals surface area contributed by atoms with Crippen molar-refractivity contribution >= 4 is 11.8 Å². The summed E-state index contributed by atoms with van der Waals surface area (Å²) in [7, 11) is 0. The topological polar surface area (TPSA) is 70.8 Å². The predicted octanol–water partition coefficient (Wildman–Crippen LogP) is 2.33. The molecule has 29 heavy (non-hydrogen) atoms. The number of rotatable bonds is 3. The van der Waals surface area contributed by atoms with Gasteiger partial charge in [-0.15, -0.1) is 0 Å². The largest absolute Gasteiger partial charge is 0.408 e. The number of aromatic nitrogens is 2. The van der Waals surface area contributed by atoms with Crippen LogP contribution in [0.25, 0.3) is 0 Å². The van der Waals surface area contributed by atoms with Gasteiger partial charge in [-0.25, -0.2) is 0 Å². The number of nitrogens with zero attached hydrogens (tertiary/aromatic N) is 4. The summed E-state index contributed by atoms with van der Waals surface area (Å²) in [5.74, 6) is 0.348. The SMILES string of the molecule is CC.Cc1c(N2CCOCC2)nc2n(c1=O)CCC(C(F)(F)F)N2CC(C)(C)O. The van der Waals surface area contributed by atoms with Crippen LogP contribution in [0.1, 0.15) is 39.7 Å². The summed E-state index contributed by atoms with van der Waals surface area (Å²) < 4.78 is 47.5. The molecule has 1 unspecified atom stereocenters. The molecular weight excluding hydrogens is 389 g/mol. The van der Waals surface area contributed by atoms with Crippen LogP contribution in [0.3, 0.4) is 0 Å². The van der Waals surface area contributed by atoms with Gasteiger partial charge in [-0.05, 0) is 27.2 Å². The van der Waals surface area contributed by atoms with Crippen molar-refractivity contribution in [1.29, 1.82) is 0 Å². The summed E-state index contributed by atoms with van der Waals surface area (Å²) in [6.07, 6.45) is -4.75. The highest BCUT2D eigenvalue weighted by Gasteiger charge is 2.48. The van der Waals surface area contributed by atoms with Gasteiger partial charge in [-0.1, -0.05) is 13.8 Å². The number of morpholine rings is 1. The maximum Gasteiger partial charge on any atom is 0.408 e. The zero-order chi connectivity index (χ0) is 22.0. The molecule has 2 aliphatic heterocycles. The van der Waals surface area contributed by atoms with Gasteiger partial charge in [0.25, 0.3) is 5.56 Å². The van der Waals surface area contributed by atoms with E-state index < -0.39 is 17.8 Å². The summed E-state index contributed by atoms with van der Waals surface area (Å²) in [4.78, 5) is 20.2. The lowest BCUT2D eigenvalue weighted by atomic mass is 10.0. The molecule has 1 N–H and O–H groups in total. The number of hydrogen-bond donors (Lipinski definition) is 1. The van der Waals surface area contributed by atoms with Crippen LogP contribution in [-0.4, -0.2) is 65.3 Å².